The molecule has 3 rings (SSSR count). The van der Waals surface area contributed by atoms with Gasteiger partial charge < -0.3 is 15.4 Å². The highest BCUT2D eigenvalue weighted by Crippen LogP contribution is 2.29. The molecule has 0 aliphatic rings. The number of benzene rings is 1. The van der Waals surface area contributed by atoms with Crippen molar-refractivity contribution in [3.05, 3.63) is 57.2 Å². The molecule has 8 heteroatoms. The van der Waals surface area contributed by atoms with Crippen LogP contribution >= 0.6 is 22.7 Å². The number of aromatic nitrogens is 1. The number of carbonyl (C=O) groups is 2. The van der Waals surface area contributed by atoms with E-state index in [9.17, 15) is 9.59 Å². The molecule has 0 saturated carbocycles. The topological polar surface area (TPSA) is 80.3 Å². The summed E-state index contributed by atoms with van der Waals surface area (Å²) in [6, 6.07) is 11.0. The number of rotatable bonds is 9. The summed E-state index contributed by atoms with van der Waals surface area (Å²) in [6.07, 6.45) is 0.816. The maximum absolute atomic E-state index is 12.2. The van der Waals surface area contributed by atoms with Crippen molar-refractivity contribution in [1.82, 2.24) is 15.6 Å². The number of carbonyl (C=O) groups excluding carboxylic acids is 2. The van der Waals surface area contributed by atoms with Gasteiger partial charge in [-0.2, -0.15) is 0 Å². The Morgan fingerprint density at radius 1 is 1.10 bits per heavy atom. The van der Waals surface area contributed by atoms with Gasteiger partial charge in [-0.05, 0) is 63.6 Å². The monoisotopic (exact) mass is 443 g/mol. The molecule has 0 fully saturated rings. The van der Waals surface area contributed by atoms with Gasteiger partial charge in [-0.3, -0.25) is 9.59 Å². The van der Waals surface area contributed by atoms with E-state index in [1.54, 1.807) is 46.9 Å². The summed E-state index contributed by atoms with van der Waals surface area (Å²) < 4.78 is 5.56. The predicted octanol–water partition coefficient (Wildman–Crippen LogP) is 4.06. The molecule has 30 heavy (non-hydrogen) atoms. The van der Waals surface area contributed by atoms with Gasteiger partial charge in [-0.25, -0.2) is 4.98 Å². The van der Waals surface area contributed by atoms with Crippen molar-refractivity contribution in [2.24, 2.45) is 0 Å². The summed E-state index contributed by atoms with van der Waals surface area (Å²) in [7, 11) is 0. The van der Waals surface area contributed by atoms with Crippen LogP contribution in [0.25, 0.3) is 10.6 Å². The number of hydrogen-bond acceptors (Lipinski definition) is 6. The lowest BCUT2D eigenvalue weighted by Gasteiger charge is -2.10. The van der Waals surface area contributed by atoms with Crippen LogP contribution in [0.3, 0.4) is 0 Å². The Morgan fingerprint density at radius 3 is 2.53 bits per heavy atom. The van der Waals surface area contributed by atoms with Crippen molar-refractivity contribution >= 4 is 34.5 Å². The van der Waals surface area contributed by atoms with Crippen molar-refractivity contribution in [3.63, 3.8) is 0 Å². The number of nitrogens with zero attached hydrogens (tertiary/aromatic N) is 1. The third-order valence-electron chi connectivity index (χ3n) is 4.12. The number of nitrogens with one attached hydrogen (secondary N) is 2. The molecule has 1 aromatic carbocycles. The summed E-state index contributed by atoms with van der Waals surface area (Å²) in [4.78, 5) is 31.0. The van der Waals surface area contributed by atoms with Crippen LogP contribution in [0.15, 0.2) is 41.8 Å². The maximum Gasteiger partial charge on any atom is 0.251 e. The normalized spacial score (nSPS) is 10.8. The Kier molecular flexibility index (Phi) is 7.59. The molecular weight excluding hydrogens is 418 g/mol. The van der Waals surface area contributed by atoms with E-state index < -0.39 is 0 Å². The van der Waals surface area contributed by atoms with Crippen molar-refractivity contribution in [1.29, 1.82) is 0 Å². The first-order chi connectivity index (χ1) is 14.4. The fraction of sp³-hybridized carbons (Fsp3) is 0.318. The highest BCUT2D eigenvalue weighted by molar-refractivity contribution is 7.16. The van der Waals surface area contributed by atoms with Gasteiger partial charge in [0.05, 0.1) is 28.2 Å². The Bertz CT molecular complexity index is 993. The van der Waals surface area contributed by atoms with E-state index in [2.05, 4.69) is 33.1 Å². The Hall–Kier alpha value is -2.71. The summed E-state index contributed by atoms with van der Waals surface area (Å²) in [5.41, 5.74) is 1.49. The molecule has 0 bridgehead atoms. The first-order valence-corrected chi connectivity index (χ1v) is 11.4. The second kappa shape index (κ2) is 10.4. The van der Waals surface area contributed by atoms with Gasteiger partial charge in [-0.1, -0.05) is 0 Å². The lowest BCUT2D eigenvalue weighted by Crippen LogP contribution is -2.37. The summed E-state index contributed by atoms with van der Waals surface area (Å²) in [6.45, 7) is 6.34. The number of aryl methyl sites for hydroxylation is 1. The van der Waals surface area contributed by atoms with Crippen molar-refractivity contribution in [2.45, 2.75) is 33.3 Å². The molecule has 3 aromatic rings. The van der Waals surface area contributed by atoms with E-state index in [1.165, 1.54) is 4.88 Å². The van der Waals surface area contributed by atoms with Crippen LogP contribution in [-0.4, -0.2) is 36.0 Å². The largest absolute Gasteiger partial charge is 0.491 e. The number of amides is 2. The van der Waals surface area contributed by atoms with Gasteiger partial charge in [-0.15, -0.1) is 22.7 Å². The highest BCUT2D eigenvalue weighted by Gasteiger charge is 2.10. The summed E-state index contributed by atoms with van der Waals surface area (Å²) in [5.74, 6) is 0.207. The number of ether oxygens (including phenoxy) is 1. The molecule has 0 aliphatic carbocycles. The van der Waals surface area contributed by atoms with Crippen LogP contribution in [0.1, 0.15) is 34.1 Å². The molecule has 2 heterocycles. The van der Waals surface area contributed by atoms with Gasteiger partial charge in [0, 0.05) is 22.4 Å². The predicted molar refractivity (Wildman–Crippen MR) is 121 cm³/mol. The molecule has 0 spiro atoms. The van der Waals surface area contributed by atoms with Crippen LogP contribution in [0.5, 0.6) is 5.75 Å². The lowest BCUT2D eigenvalue weighted by molar-refractivity contribution is -0.120. The zero-order chi connectivity index (χ0) is 21.5. The first kappa shape index (κ1) is 22.0. The SMILES string of the molecule is Cc1nc(-c2ccc(CCNC(=O)CNC(=O)c3ccc(OC(C)C)cc3)s2)cs1. The zero-order valence-corrected chi connectivity index (χ0v) is 18.9. The van der Waals surface area contributed by atoms with Crippen LogP contribution in [0.2, 0.25) is 0 Å². The van der Waals surface area contributed by atoms with Crippen LogP contribution in [0, 0.1) is 6.92 Å². The molecule has 158 valence electrons. The molecule has 6 nitrogen and oxygen atoms in total. The molecule has 2 amide bonds. The van der Waals surface area contributed by atoms with Gasteiger partial charge >= 0.3 is 0 Å². The second-order valence-corrected chi connectivity index (χ2v) is 9.22. The fourth-order valence-electron chi connectivity index (χ4n) is 2.73. The summed E-state index contributed by atoms with van der Waals surface area (Å²) >= 11 is 3.32. The molecule has 2 N–H and O–H groups in total. The van der Waals surface area contributed by atoms with E-state index >= 15 is 0 Å². The smallest absolute Gasteiger partial charge is 0.251 e. The quantitative estimate of drug-likeness (QED) is 0.523. The summed E-state index contributed by atoms with van der Waals surface area (Å²) in [5, 5.41) is 8.59. The third-order valence-corrected chi connectivity index (χ3v) is 6.07. The van der Waals surface area contributed by atoms with Crippen molar-refractivity contribution < 1.29 is 14.3 Å². The molecule has 0 saturated heterocycles. The first-order valence-electron chi connectivity index (χ1n) is 9.73. The van der Waals surface area contributed by atoms with Gasteiger partial charge in [0.15, 0.2) is 0 Å². The van der Waals surface area contributed by atoms with E-state index in [1.807, 2.05) is 20.8 Å². The Balaban J connectivity index is 1.38. The third kappa shape index (κ3) is 6.40. The lowest BCUT2D eigenvalue weighted by atomic mass is 10.2. The van der Waals surface area contributed by atoms with Crippen LogP contribution < -0.4 is 15.4 Å². The van der Waals surface area contributed by atoms with E-state index in [0.717, 1.165) is 22.0 Å². The van der Waals surface area contributed by atoms with Crippen LogP contribution in [-0.2, 0) is 11.2 Å². The average Bonchev–Trinajstić information content (AvgIpc) is 3.35. The Labute approximate surface area is 184 Å². The molecule has 0 unspecified atom stereocenters. The highest BCUT2D eigenvalue weighted by atomic mass is 32.1. The van der Waals surface area contributed by atoms with Crippen molar-refractivity contribution in [3.8, 4) is 16.3 Å². The molecule has 0 radical (unpaired) electrons. The minimum Gasteiger partial charge on any atom is -0.491 e. The second-order valence-electron chi connectivity index (χ2n) is 6.99. The van der Waals surface area contributed by atoms with Gasteiger partial charge in [0.2, 0.25) is 5.91 Å². The van der Waals surface area contributed by atoms with Crippen molar-refractivity contribution in [2.75, 3.05) is 13.1 Å². The van der Waals surface area contributed by atoms with Gasteiger partial charge in [0.1, 0.15) is 5.75 Å². The molecular formula is C22H25N3O3S2. The average molecular weight is 444 g/mol. The standard InChI is InChI=1S/C22H25N3O3S2/c1-14(2)28-17-6-4-16(5-7-17)22(27)24-12-21(26)23-11-10-18-8-9-20(30-18)19-13-29-15(3)25-19/h4-9,13-14H,10-12H2,1-3H3,(H,23,26)(H,24,27). The number of thiazole rings is 1. The van der Waals surface area contributed by atoms with Gasteiger partial charge in [0.25, 0.3) is 5.91 Å². The fourth-order valence-corrected chi connectivity index (χ4v) is 4.39. The Morgan fingerprint density at radius 2 is 1.87 bits per heavy atom. The molecule has 0 aliphatic heterocycles. The van der Waals surface area contributed by atoms with E-state index in [4.69, 9.17) is 4.74 Å². The zero-order valence-electron chi connectivity index (χ0n) is 17.2. The minimum absolute atomic E-state index is 0.0587. The maximum atomic E-state index is 12.2. The van der Waals surface area contributed by atoms with Crippen LogP contribution in [0.4, 0.5) is 0 Å². The number of hydrogen-bond donors (Lipinski definition) is 2. The molecule has 0 atom stereocenters. The minimum atomic E-state index is -0.289. The van der Waals surface area contributed by atoms with E-state index in [0.29, 0.717) is 17.9 Å². The number of thiophene rings is 1. The van der Waals surface area contributed by atoms with E-state index in [-0.39, 0.29) is 24.5 Å². The molecule has 2 aromatic heterocycles.